The van der Waals surface area contributed by atoms with E-state index in [-0.39, 0.29) is 0 Å². The third kappa shape index (κ3) is 4.50. The van der Waals surface area contributed by atoms with Crippen molar-refractivity contribution in [1.29, 1.82) is 0 Å². The Hall–Kier alpha value is 0.503. The Kier molecular flexibility index (Phi) is 3.00. The summed E-state index contributed by atoms with van der Waals surface area (Å²) >= 11 is 1.01. The van der Waals surface area contributed by atoms with Gasteiger partial charge in [-0.25, -0.2) is 0 Å². The average molecular weight is 134 g/mol. The molecular weight excluding hydrogens is 123 g/mol. The Morgan fingerprint density at radius 2 is 1.80 bits per heavy atom. The van der Waals surface area contributed by atoms with Crippen molar-refractivity contribution in [2.75, 3.05) is 19.5 Å². The molecule has 0 atom stereocenters. The van der Waals surface area contributed by atoms with Crippen LogP contribution in [0, 0.1) is 0 Å². The van der Waals surface area contributed by atoms with Crippen molar-refractivity contribution >= 4 is 16.5 Å². The third-order valence-corrected chi connectivity index (χ3v) is 3.29. The molecule has 32 valence electrons. The molecule has 0 spiro atoms. The maximum atomic E-state index is 2.21. The van der Waals surface area contributed by atoms with Crippen molar-refractivity contribution in [2.24, 2.45) is 0 Å². The van der Waals surface area contributed by atoms with Crippen LogP contribution in [0.3, 0.4) is 0 Å². The van der Waals surface area contributed by atoms with Crippen LogP contribution in [0.15, 0.2) is 0 Å². The van der Waals surface area contributed by atoms with Gasteiger partial charge in [0.1, 0.15) is 0 Å². The Balaban J connectivity index is 2.54. The van der Waals surface area contributed by atoms with E-state index in [1.54, 1.807) is 0 Å². The van der Waals surface area contributed by atoms with E-state index in [1.165, 1.54) is 5.38 Å². The molecule has 0 aliphatic rings. The molecule has 5 heavy (non-hydrogen) atoms. The minimum atomic E-state index is 1.01. The predicted molar refractivity (Wildman–Crippen MR) is 28.5 cm³/mol. The number of nitrogens with zero attached hydrogens (tertiary/aromatic N) is 1. The Morgan fingerprint density at radius 3 is 1.80 bits per heavy atom. The van der Waals surface area contributed by atoms with Gasteiger partial charge in [0.25, 0.3) is 0 Å². The van der Waals surface area contributed by atoms with Crippen LogP contribution in [-0.2, 0) is 0 Å². The predicted octanol–water partition coefficient (Wildman–Crippen LogP) is -1.13. The summed E-state index contributed by atoms with van der Waals surface area (Å²) in [6, 6.07) is 0. The van der Waals surface area contributed by atoms with Crippen molar-refractivity contribution < 1.29 is 0 Å². The maximum absolute atomic E-state index is 2.21. The molecule has 0 bridgehead atoms. The van der Waals surface area contributed by atoms with E-state index in [9.17, 15) is 0 Å². The van der Waals surface area contributed by atoms with E-state index in [0.29, 0.717) is 0 Å². The molecule has 0 unspecified atom stereocenters. The summed E-state index contributed by atoms with van der Waals surface area (Å²) in [7, 11) is 4.20. The van der Waals surface area contributed by atoms with Crippen LogP contribution in [0.2, 0.25) is 0 Å². The van der Waals surface area contributed by atoms with E-state index >= 15 is 0 Å². The zero-order chi connectivity index (χ0) is 4.28. The molecule has 1 nitrogen and oxygen atoms in total. The first-order valence-corrected chi connectivity index (χ1v) is 4.88. The molecule has 0 aliphatic heterocycles. The molecule has 0 aliphatic carbocycles. The summed E-state index contributed by atoms with van der Waals surface area (Å²) in [5.41, 5.74) is 0. The molecule has 0 saturated carbocycles. The van der Waals surface area contributed by atoms with Gasteiger partial charge in [-0.3, -0.25) is 0 Å². The van der Waals surface area contributed by atoms with Gasteiger partial charge in [-0.2, -0.15) is 0 Å². The average Bonchev–Trinajstić information content (AvgIpc) is 1.38. The fraction of sp³-hybridized carbons (Fsp3) is 1.00. The van der Waals surface area contributed by atoms with Crippen LogP contribution in [0.25, 0.3) is 0 Å². The first-order chi connectivity index (χ1) is 2.27. The van der Waals surface area contributed by atoms with Crippen molar-refractivity contribution in [3.8, 4) is 0 Å². The molecule has 0 radical (unpaired) electrons. The summed E-state index contributed by atoms with van der Waals surface area (Å²) in [5, 5.41) is 1.33. The standard InChI is InChI=1S/C3H11GeN/c1-5(2)3-4/h3H2,1-2,4H3. The van der Waals surface area contributed by atoms with Crippen LogP contribution in [0.1, 0.15) is 0 Å². The van der Waals surface area contributed by atoms with Crippen LogP contribution < -0.4 is 0 Å². The first kappa shape index (κ1) is 5.50. The quantitative estimate of drug-likeness (QED) is 0.410. The van der Waals surface area contributed by atoms with Gasteiger partial charge in [-0.15, -0.1) is 0 Å². The van der Waals surface area contributed by atoms with E-state index in [0.717, 1.165) is 16.5 Å². The van der Waals surface area contributed by atoms with Gasteiger partial charge in [0.05, 0.1) is 0 Å². The van der Waals surface area contributed by atoms with Crippen molar-refractivity contribution in [3.05, 3.63) is 0 Å². The first-order valence-electron chi connectivity index (χ1n) is 1.92. The van der Waals surface area contributed by atoms with Gasteiger partial charge in [0, 0.05) is 0 Å². The topological polar surface area (TPSA) is 3.24 Å². The molecule has 0 rings (SSSR count). The number of rotatable bonds is 1. The van der Waals surface area contributed by atoms with Gasteiger partial charge in [-0.05, 0) is 0 Å². The molecular formula is C3H11GeN. The monoisotopic (exact) mass is 135 g/mol. The van der Waals surface area contributed by atoms with Crippen LogP contribution in [-0.4, -0.2) is 40.9 Å². The number of hydrogen-bond acceptors (Lipinski definition) is 1. The molecule has 0 fully saturated rings. The summed E-state index contributed by atoms with van der Waals surface area (Å²) in [4.78, 5) is 2.21. The molecule has 0 saturated heterocycles. The zero-order valence-corrected chi connectivity index (χ0v) is 8.35. The van der Waals surface area contributed by atoms with Crippen molar-refractivity contribution in [3.63, 3.8) is 0 Å². The third-order valence-electron chi connectivity index (χ3n) is 0.632. The molecule has 0 N–H and O–H groups in total. The molecule has 0 heterocycles. The second kappa shape index (κ2) is 2.72. The van der Waals surface area contributed by atoms with E-state index < -0.39 is 0 Å². The number of hydrogen-bond donors (Lipinski definition) is 0. The Labute approximate surface area is 41.6 Å². The van der Waals surface area contributed by atoms with Crippen LogP contribution in [0.4, 0.5) is 0 Å². The molecule has 0 aromatic rings. The Morgan fingerprint density at radius 1 is 1.60 bits per heavy atom. The van der Waals surface area contributed by atoms with Gasteiger partial charge in [-0.1, -0.05) is 0 Å². The van der Waals surface area contributed by atoms with Crippen LogP contribution >= 0.6 is 0 Å². The van der Waals surface area contributed by atoms with E-state index in [4.69, 9.17) is 0 Å². The molecule has 2 heteroatoms. The van der Waals surface area contributed by atoms with E-state index in [2.05, 4.69) is 19.0 Å². The molecule has 0 aromatic carbocycles. The van der Waals surface area contributed by atoms with Crippen molar-refractivity contribution in [1.82, 2.24) is 4.90 Å². The summed E-state index contributed by atoms with van der Waals surface area (Å²) < 4.78 is 0. The summed E-state index contributed by atoms with van der Waals surface area (Å²) in [6.07, 6.45) is 0. The van der Waals surface area contributed by atoms with E-state index in [1.807, 2.05) is 0 Å². The fourth-order valence-corrected chi connectivity index (χ4v) is 0. The van der Waals surface area contributed by atoms with Gasteiger partial charge in [0.2, 0.25) is 0 Å². The SMILES string of the molecule is CN(C)[CH2][GeH3]. The summed E-state index contributed by atoms with van der Waals surface area (Å²) in [5.74, 6) is 0. The van der Waals surface area contributed by atoms with Gasteiger partial charge >= 0.3 is 40.9 Å². The second-order valence-corrected chi connectivity index (χ2v) is 2.72. The minimum absolute atomic E-state index is 1.01. The molecule has 0 amide bonds. The van der Waals surface area contributed by atoms with Gasteiger partial charge in [0.15, 0.2) is 0 Å². The fourth-order valence-electron chi connectivity index (χ4n) is 0. The normalized spacial score (nSPS) is 10.2. The second-order valence-electron chi connectivity index (χ2n) is 1.40. The summed E-state index contributed by atoms with van der Waals surface area (Å²) in [6.45, 7) is 0. The van der Waals surface area contributed by atoms with Gasteiger partial charge < -0.3 is 0 Å². The zero-order valence-electron chi connectivity index (χ0n) is 4.15. The van der Waals surface area contributed by atoms with Crippen LogP contribution in [0.5, 0.6) is 0 Å². The Bertz CT molecular complexity index is 20.9. The molecule has 0 aromatic heterocycles. The van der Waals surface area contributed by atoms with Crippen molar-refractivity contribution in [2.45, 2.75) is 0 Å².